The van der Waals surface area contributed by atoms with E-state index in [0.29, 0.717) is 21.6 Å². The van der Waals surface area contributed by atoms with E-state index in [-0.39, 0.29) is 12.5 Å². The maximum atomic E-state index is 12.9. The first-order valence-electron chi connectivity index (χ1n) is 10.0. The van der Waals surface area contributed by atoms with Crippen molar-refractivity contribution in [3.05, 3.63) is 42.0 Å². The Morgan fingerprint density at radius 2 is 1.83 bits per heavy atom. The number of pyridine rings is 1. The van der Waals surface area contributed by atoms with Gasteiger partial charge in [0.05, 0.1) is 16.0 Å². The summed E-state index contributed by atoms with van der Waals surface area (Å²) in [6.45, 7) is 1.62. The van der Waals surface area contributed by atoms with Crippen LogP contribution < -0.4 is 4.90 Å². The van der Waals surface area contributed by atoms with Gasteiger partial charge in [-0.3, -0.25) is 4.79 Å². The van der Waals surface area contributed by atoms with Crippen molar-refractivity contribution in [2.45, 2.75) is 19.3 Å². The van der Waals surface area contributed by atoms with Crippen LogP contribution in [-0.4, -0.2) is 60.5 Å². The predicted molar refractivity (Wildman–Crippen MR) is 118 cm³/mol. The molecule has 0 unspecified atom stereocenters. The fourth-order valence-electron chi connectivity index (χ4n) is 3.36. The second-order valence-electron chi connectivity index (χ2n) is 7.48. The van der Waals surface area contributed by atoms with E-state index in [1.54, 1.807) is 20.2 Å². The average molecular weight is 425 g/mol. The fourth-order valence-corrected chi connectivity index (χ4v) is 4.43. The first-order chi connectivity index (χ1) is 14.5. The molecule has 1 saturated heterocycles. The number of fused-ring (bicyclic) bond motifs is 1. The lowest BCUT2D eigenvalue weighted by atomic mass is 10.1. The molecule has 0 spiro atoms. The van der Waals surface area contributed by atoms with Crippen LogP contribution >= 0.6 is 11.3 Å². The molecule has 1 amide bonds. The van der Waals surface area contributed by atoms with E-state index < -0.39 is 5.97 Å². The van der Waals surface area contributed by atoms with Crippen LogP contribution in [-0.2, 0) is 9.53 Å². The summed E-state index contributed by atoms with van der Waals surface area (Å²) in [6.07, 6.45) is 3.51. The van der Waals surface area contributed by atoms with E-state index in [4.69, 9.17) is 14.7 Å². The number of hydrogen-bond acceptors (Lipinski definition) is 7. The molecule has 4 rings (SSSR count). The molecular weight excluding hydrogens is 400 g/mol. The molecule has 3 aromatic rings. The normalized spacial score (nSPS) is 14.0. The molecule has 2 aromatic heterocycles. The molecule has 0 N–H and O–H groups in total. The number of ether oxygens (including phenoxy) is 1. The van der Waals surface area contributed by atoms with Crippen LogP contribution in [0.3, 0.4) is 0 Å². The van der Waals surface area contributed by atoms with Crippen molar-refractivity contribution in [1.29, 1.82) is 0 Å². The Hall–Kier alpha value is -3.00. The number of nitrogens with zero attached hydrogens (tertiary/aromatic N) is 4. The number of likely N-dealkylation sites (N-methyl/N-ethyl adjacent to an activating group) is 1. The third kappa shape index (κ3) is 4.28. The van der Waals surface area contributed by atoms with Gasteiger partial charge >= 0.3 is 5.97 Å². The Morgan fingerprint density at radius 3 is 2.53 bits per heavy atom. The first-order valence-corrected chi connectivity index (χ1v) is 10.8. The molecule has 0 aliphatic carbocycles. The van der Waals surface area contributed by atoms with Gasteiger partial charge in [-0.2, -0.15) is 4.98 Å². The number of carbonyl (C=O) groups is 2. The molecule has 0 radical (unpaired) electrons. The van der Waals surface area contributed by atoms with E-state index in [9.17, 15) is 9.59 Å². The smallest absolute Gasteiger partial charge is 0.340 e. The van der Waals surface area contributed by atoms with Gasteiger partial charge in [0.25, 0.3) is 5.91 Å². The number of thiazole rings is 1. The summed E-state index contributed by atoms with van der Waals surface area (Å²) < 4.78 is 6.00. The maximum absolute atomic E-state index is 12.9. The Kier molecular flexibility index (Phi) is 5.94. The van der Waals surface area contributed by atoms with Crippen LogP contribution in [0, 0.1) is 0 Å². The highest BCUT2D eigenvalue weighted by Crippen LogP contribution is 2.34. The third-order valence-electron chi connectivity index (χ3n) is 5.09. The van der Waals surface area contributed by atoms with Crippen LogP contribution in [0.4, 0.5) is 5.13 Å². The van der Waals surface area contributed by atoms with E-state index >= 15 is 0 Å². The van der Waals surface area contributed by atoms with E-state index in [0.717, 1.165) is 36.6 Å². The van der Waals surface area contributed by atoms with Crippen molar-refractivity contribution in [2.24, 2.45) is 0 Å². The van der Waals surface area contributed by atoms with Gasteiger partial charge in [0.15, 0.2) is 17.4 Å². The molecule has 0 saturated carbocycles. The molecule has 156 valence electrons. The molecule has 1 aliphatic rings. The van der Waals surface area contributed by atoms with Crippen molar-refractivity contribution >= 4 is 38.7 Å². The monoisotopic (exact) mass is 424 g/mol. The Balaban J connectivity index is 1.74. The van der Waals surface area contributed by atoms with Gasteiger partial charge in [-0.1, -0.05) is 41.7 Å². The Labute approximate surface area is 179 Å². The Morgan fingerprint density at radius 1 is 1.10 bits per heavy atom. The summed E-state index contributed by atoms with van der Waals surface area (Å²) >= 11 is 1.46. The number of carbonyl (C=O) groups excluding carboxylic acids is 2. The molecule has 1 aromatic carbocycles. The van der Waals surface area contributed by atoms with Crippen LogP contribution in [0.1, 0.15) is 29.6 Å². The van der Waals surface area contributed by atoms with Crippen LogP contribution in [0.2, 0.25) is 0 Å². The minimum atomic E-state index is -0.538. The topological polar surface area (TPSA) is 75.6 Å². The number of benzene rings is 1. The largest absolute Gasteiger partial charge is 0.452 e. The van der Waals surface area contributed by atoms with Gasteiger partial charge in [-0.05, 0) is 25.3 Å². The van der Waals surface area contributed by atoms with Gasteiger partial charge in [-0.15, -0.1) is 0 Å². The molecule has 7 nitrogen and oxygen atoms in total. The van der Waals surface area contributed by atoms with Gasteiger partial charge in [0, 0.05) is 32.7 Å². The lowest BCUT2D eigenvalue weighted by Crippen LogP contribution is -2.29. The lowest BCUT2D eigenvalue weighted by molar-refractivity contribution is -0.131. The van der Waals surface area contributed by atoms with E-state index in [2.05, 4.69) is 4.90 Å². The van der Waals surface area contributed by atoms with E-state index in [1.807, 2.05) is 30.3 Å². The SMILES string of the molecule is CN(C)C(=O)COC(=O)c1cc(-c2ccccc2)nc2nc(N3CCCCC3)sc12. The van der Waals surface area contributed by atoms with Gasteiger partial charge < -0.3 is 14.5 Å². The molecule has 1 aliphatic heterocycles. The number of rotatable bonds is 5. The number of hydrogen-bond donors (Lipinski definition) is 0. The standard InChI is InChI=1S/C22H24N4O3S/c1-25(2)18(27)14-29-21(28)16-13-17(15-9-5-3-6-10-15)23-20-19(16)30-22(24-20)26-11-7-4-8-12-26/h3,5-6,9-10,13H,4,7-8,11-12,14H2,1-2H3. The van der Waals surface area contributed by atoms with Crippen molar-refractivity contribution in [3.63, 3.8) is 0 Å². The second-order valence-corrected chi connectivity index (χ2v) is 8.46. The molecule has 30 heavy (non-hydrogen) atoms. The van der Waals surface area contributed by atoms with Crippen LogP contribution in [0.25, 0.3) is 21.6 Å². The molecule has 0 bridgehead atoms. The second kappa shape index (κ2) is 8.79. The summed E-state index contributed by atoms with van der Waals surface area (Å²) in [5, 5.41) is 0.876. The van der Waals surface area contributed by atoms with Crippen LogP contribution in [0.15, 0.2) is 36.4 Å². The fraction of sp³-hybridized carbons (Fsp3) is 0.364. The quantitative estimate of drug-likeness (QED) is 0.583. The summed E-state index contributed by atoms with van der Waals surface area (Å²) in [4.78, 5) is 37.9. The number of esters is 1. The van der Waals surface area contributed by atoms with Gasteiger partial charge in [-0.25, -0.2) is 9.78 Å². The number of anilines is 1. The third-order valence-corrected chi connectivity index (χ3v) is 6.23. The average Bonchev–Trinajstić information content (AvgIpc) is 3.22. The number of aromatic nitrogens is 2. The van der Waals surface area contributed by atoms with Crippen molar-refractivity contribution in [2.75, 3.05) is 38.7 Å². The molecule has 3 heterocycles. The highest BCUT2D eigenvalue weighted by Gasteiger charge is 2.22. The maximum Gasteiger partial charge on any atom is 0.340 e. The predicted octanol–water partition coefficient (Wildman–Crippen LogP) is 3.59. The zero-order valence-corrected chi connectivity index (χ0v) is 17.9. The lowest BCUT2D eigenvalue weighted by Gasteiger charge is -2.25. The van der Waals surface area contributed by atoms with Gasteiger partial charge in [0.1, 0.15) is 0 Å². The number of piperidine rings is 1. The van der Waals surface area contributed by atoms with Gasteiger partial charge in [0.2, 0.25) is 0 Å². The highest BCUT2D eigenvalue weighted by atomic mass is 32.1. The minimum absolute atomic E-state index is 0.268. The summed E-state index contributed by atoms with van der Waals surface area (Å²) in [5.41, 5.74) is 2.48. The summed E-state index contributed by atoms with van der Waals surface area (Å²) in [7, 11) is 3.25. The van der Waals surface area contributed by atoms with E-state index in [1.165, 1.54) is 22.7 Å². The highest BCUT2D eigenvalue weighted by molar-refractivity contribution is 7.22. The molecule has 8 heteroatoms. The summed E-state index contributed by atoms with van der Waals surface area (Å²) in [5.74, 6) is -0.807. The zero-order chi connectivity index (χ0) is 21.1. The minimum Gasteiger partial charge on any atom is -0.452 e. The zero-order valence-electron chi connectivity index (χ0n) is 17.1. The van der Waals surface area contributed by atoms with Crippen molar-refractivity contribution in [1.82, 2.24) is 14.9 Å². The van der Waals surface area contributed by atoms with Crippen molar-refractivity contribution < 1.29 is 14.3 Å². The molecule has 1 fully saturated rings. The van der Waals surface area contributed by atoms with Crippen LogP contribution in [0.5, 0.6) is 0 Å². The first kappa shape index (κ1) is 20.3. The summed E-state index contributed by atoms with van der Waals surface area (Å²) in [6, 6.07) is 11.4. The molecule has 0 atom stereocenters. The van der Waals surface area contributed by atoms with Crippen molar-refractivity contribution in [3.8, 4) is 11.3 Å². The Bertz CT molecular complexity index is 1060. The number of amides is 1. The molecular formula is C22H24N4O3S.